The number of carbonyl (C=O) groups excluding carboxylic acids is 5. The number of imidazole rings is 1. The van der Waals surface area contributed by atoms with E-state index in [1.807, 2.05) is 0 Å². The van der Waals surface area contributed by atoms with Gasteiger partial charge in [0.15, 0.2) is 0 Å². The van der Waals surface area contributed by atoms with Gasteiger partial charge in [0.1, 0.15) is 66.4 Å². The number of carbonyl (C=O) groups is 5. The monoisotopic (exact) mass is 949 g/mol. The van der Waals surface area contributed by atoms with Crippen LogP contribution in [0.25, 0.3) is 11.2 Å². The molecule has 5 heterocycles. The molecule has 0 bridgehead atoms. The molecule has 4 aromatic rings. The van der Waals surface area contributed by atoms with Crippen LogP contribution in [-0.4, -0.2) is 121 Å². The highest BCUT2D eigenvalue weighted by Gasteiger charge is 2.55. The van der Waals surface area contributed by atoms with Crippen molar-refractivity contribution >= 4 is 81.2 Å². The number of pyridine rings is 1. The largest absolute Gasteiger partial charge is 0.595 e. The number of aromatic nitrogens is 5. The molecule has 3 aromatic heterocycles. The molecule has 22 nitrogen and oxygen atoms in total. The van der Waals surface area contributed by atoms with Gasteiger partial charge < -0.3 is 39.5 Å². The fourth-order valence-corrected chi connectivity index (χ4v) is 8.30. The standard InChI is InChI=1S/C42H51N11O11S2/c1-9-62-49-29(32-47-38(66-50-32)48-40(59)64-42(5,6)7)34(55)46-30-35(56)53-31(37(57)61-21-24-12-14-26(60-8)15-13-24)25(22-65-36(30)53)19-51-18-10-11-27-33(51)45-23-52(27)20-28(54)43-16-17-44-39(58)63-41(2,3)4/h10-15,18,23,30,36H,9,16-17,19-22H2,1-8H3,(H3-,43,44,46,47,48,50,54,55,58,59)/b49-29-. The molecular formula is C42H51N11O11S2. The highest BCUT2D eigenvalue weighted by atomic mass is 32.2. The number of hydrogen-bond donors (Lipinski definition) is 3. The molecule has 3 N–H and O–H groups in total. The molecule has 0 spiro atoms. The zero-order chi connectivity index (χ0) is 47.8. The van der Waals surface area contributed by atoms with Crippen LogP contribution < -0.4 is 30.4 Å². The quantitative estimate of drug-likeness (QED) is 0.0260. The van der Waals surface area contributed by atoms with Crippen LogP contribution in [0.2, 0.25) is 0 Å². The fourth-order valence-electron chi connectivity index (χ4n) is 6.40. The maximum absolute atomic E-state index is 14.1. The number of anilines is 1. The number of benzene rings is 1. The third-order valence-corrected chi connectivity index (χ3v) is 11.2. The van der Waals surface area contributed by atoms with Gasteiger partial charge in [-0.05, 0) is 62.5 Å². The molecule has 2 atom stereocenters. The van der Waals surface area contributed by atoms with E-state index in [-0.39, 0.29) is 73.4 Å². The number of hydrogen-bond acceptors (Lipinski definition) is 18. The highest BCUT2D eigenvalue weighted by molar-refractivity contribution is 8.00. The number of thioether (sulfide) groups is 1. The molecule has 1 saturated heterocycles. The number of rotatable bonds is 17. The van der Waals surface area contributed by atoms with Gasteiger partial charge >= 0.3 is 17.7 Å². The van der Waals surface area contributed by atoms with Gasteiger partial charge in [0.05, 0.1) is 19.9 Å². The predicted molar refractivity (Wildman–Crippen MR) is 239 cm³/mol. The predicted octanol–water partition coefficient (Wildman–Crippen LogP) is 2.02. The molecule has 1 aromatic carbocycles. The number of ether oxygens (including phenoxy) is 4. The molecular weight excluding hydrogens is 899 g/mol. The van der Waals surface area contributed by atoms with E-state index in [2.05, 4.69) is 40.4 Å². The van der Waals surface area contributed by atoms with Gasteiger partial charge in [-0.2, -0.15) is 9.36 Å². The van der Waals surface area contributed by atoms with Crippen molar-refractivity contribution in [2.45, 2.75) is 90.8 Å². The van der Waals surface area contributed by atoms with E-state index in [9.17, 15) is 29.1 Å². The van der Waals surface area contributed by atoms with E-state index >= 15 is 0 Å². The van der Waals surface area contributed by atoms with E-state index in [0.29, 0.717) is 28.0 Å². The zero-order valence-electron chi connectivity index (χ0n) is 37.6. The van der Waals surface area contributed by atoms with Gasteiger partial charge in [-0.25, -0.2) is 14.2 Å². The van der Waals surface area contributed by atoms with Crippen molar-refractivity contribution in [3.63, 3.8) is 0 Å². The Bertz CT molecular complexity index is 2540. The summed E-state index contributed by atoms with van der Waals surface area (Å²) in [5.41, 5.74) is 0.562. The Hall–Kier alpha value is -6.82. The Morgan fingerprint density at radius 1 is 1.05 bits per heavy atom. The van der Waals surface area contributed by atoms with E-state index < -0.39 is 52.6 Å². The number of methoxy groups -OCH3 is 1. The summed E-state index contributed by atoms with van der Waals surface area (Å²) >= 11 is 2.11. The molecule has 0 aliphatic carbocycles. The summed E-state index contributed by atoms with van der Waals surface area (Å²) < 4.78 is 29.1. The summed E-state index contributed by atoms with van der Waals surface area (Å²) in [6, 6.07) is 9.45. The van der Waals surface area contributed by atoms with Crippen molar-refractivity contribution in [1.82, 2.24) is 34.4 Å². The first-order chi connectivity index (χ1) is 31.3. The first-order valence-corrected chi connectivity index (χ1v) is 22.5. The van der Waals surface area contributed by atoms with Crippen molar-refractivity contribution in [2.75, 3.05) is 37.9 Å². The molecule has 0 saturated carbocycles. The summed E-state index contributed by atoms with van der Waals surface area (Å²) in [6.07, 6.45) is 1.80. The minimum absolute atomic E-state index is 0.0186. The van der Waals surface area contributed by atoms with E-state index in [0.717, 1.165) is 11.5 Å². The topological polar surface area (TPSA) is 266 Å². The molecule has 6 rings (SSSR count). The molecule has 24 heteroatoms. The molecule has 4 amide bonds. The minimum Gasteiger partial charge on any atom is -0.595 e. The lowest BCUT2D eigenvalue weighted by molar-refractivity contribution is -0.664. The fraction of sp³-hybridized carbons (Fsp3) is 0.452. The van der Waals surface area contributed by atoms with Gasteiger partial charge in [-0.15, -0.1) is 11.8 Å². The Kier molecular flexibility index (Phi) is 15.5. The second kappa shape index (κ2) is 21.0. The second-order valence-corrected chi connectivity index (χ2v) is 18.4. The van der Waals surface area contributed by atoms with Crippen LogP contribution in [0.4, 0.5) is 9.93 Å². The van der Waals surface area contributed by atoms with Gasteiger partial charge in [0, 0.05) is 35.0 Å². The summed E-state index contributed by atoms with van der Waals surface area (Å²) in [7, 11) is 1.54. The number of fused-ring (bicyclic) bond motifs is 2. The molecule has 2 aliphatic heterocycles. The zero-order valence-corrected chi connectivity index (χ0v) is 39.2. The Morgan fingerprint density at radius 2 is 1.79 bits per heavy atom. The summed E-state index contributed by atoms with van der Waals surface area (Å²) in [6.45, 7) is 12.2. The maximum Gasteiger partial charge on any atom is 0.414 e. The molecule has 66 heavy (non-hydrogen) atoms. The van der Waals surface area contributed by atoms with Crippen molar-refractivity contribution < 1.29 is 57.4 Å². The summed E-state index contributed by atoms with van der Waals surface area (Å²) in [4.78, 5) is 86.3. The lowest BCUT2D eigenvalue weighted by atomic mass is 10.0. The van der Waals surface area contributed by atoms with Crippen molar-refractivity contribution in [3.8, 4) is 5.75 Å². The molecule has 2 unspecified atom stereocenters. The molecule has 1 fully saturated rings. The van der Waals surface area contributed by atoms with Crippen molar-refractivity contribution in [1.29, 1.82) is 0 Å². The van der Waals surface area contributed by atoms with Gasteiger partial charge in [0.25, 0.3) is 11.8 Å². The number of nitrogens with one attached hydrogen (secondary N) is 3. The van der Waals surface area contributed by atoms with Gasteiger partial charge in [-0.3, -0.25) is 34.2 Å². The third-order valence-electron chi connectivity index (χ3n) is 9.20. The average Bonchev–Trinajstić information content (AvgIpc) is 3.89. The summed E-state index contributed by atoms with van der Waals surface area (Å²) in [5, 5.41) is 23.0. The van der Waals surface area contributed by atoms with E-state index in [4.69, 9.17) is 23.8 Å². The number of amides is 4. The minimum atomic E-state index is -1.10. The van der Waals surface area contributed by atoms with E-state index in [1.165, 1.54) is 23.0 Å². The Morgan fingerprint density at radius 3 is 2.48 bits per heavy atom. The van der Waals surface area contributed by atoms with Crippen LogP contribution in [0.3, 0.4) is 0 Å². The number of oxime groups is 1. The summed E-state index contributed by atoms with van der Waals surface area (Å²) in [5.74, 6) is -1.79. The molecule has 352 valence electrons. The van der Waals surface area contributed by atoms with Crippen LogP contribution in [0.1, 0.15) is 59.9 Å². The van der Waals surface area contributed by atoms with Crippen molar-refractivity contribution in [3.05, 3.63) is 71.6 Å². The van der Waals surface area contributed by atoms with Crippen LogP contribution >= 0.6 is 23.3 Å². The number of aliphatic imine (C=N–C) groups is 1. The lowest BCUT2D eigenvalue weighted by Gasteiger charge is -2.49. The normalized spacial score (nSPS) is 16.5. The molecule has 0 radical (unpaired) electrons. The first kappa shape index (κ1) is 48.6. The highest BCUT2D eigenvalue weighted by Crippen LogP contribution is 2.41. The number of β-lactam (4-membered cyclic amide) rings is 1. The van der Waals surface area contributed by atoms with Crippen LogP contribution in [0.15, 0.2) is 70.3 Å². The van der Waals surface area contributed by atoms with Crippen LogP contribution in [0.5, 0.6) is 5.75 Å². The van der Waals surface area contributed by atoms with Gasteiger partial charge in [-0.1, -0.05) is 38.1 Å². The number of esters is 1. The number of nitrogens with zero attached hydrogens (tertiary/aromatic N) is 8. The van der Waals surface area contributed by atoms with E-state index in [1.54, 1.807) is 107 Å². The third kappa shape index (κ3) is 12.5. The maximum atomic E-state index is 14.1. The first-order valence-electron chi connectivity index (χ1n) is 20.7. The SMILES string of the molecule is CCO/N=C(\C(=O)NC1C(=O)N2C(C(=O)OCc3ccc(OC)cc3)=C(C[n+]3cccc4c3ncn4CC(=O)NCCN=C([O-])OC(C)(C)C)CSC12)c1nsc(NC(=O)OC(C)(C)C)n1. The Balaban J connectivity index is 1.20. The second-order valence-electron chi connectivity index (χ2n) is 16.6. The van der Waals surface area contributed by atoms with Crippen LogP contribution in [-0.2, 0) is 57.9 Å². The smallest absolute Gasteiger partial charge is 0.414 e. The van der Waals surface area contributed by atoms with Crippen LogP contribution in [0, 0.1) is 0 Å². The van der Waals surface area contributed by atoms with Crippen molar-refractivity contribution in [2.24, 2.45) is 10.1 Å². The molecule has 2 aliphatic rings. The Labute approximate surface area is 387 Å². The van der Waals surface area contributed by atoms with Gasteiger partial charge in [0.2, 0.25) is 28.9 Å². The average molecular weight is 950 g/mol. The lowest BCUT2D eigenvalue weighted by Crippen LogP contribution is -2.71.